The molecule has 32 heavy (non-hydrogen) atoms. The van der Waals surface area contributed by atoms with Crippen molar-refractivity contribution in [3.8, 4) is 11.4 Å². The maximum absolute atomic E-state index is 12.8. The van der Waals surface area contributed by atoms with Crippen LogP contribution in [0.25, 0.3) is 5.69 Å². The first-order chi connectivity index (χ1) is 15.2. The quantitative estimate of drug-likeness (QED) is 0.384. The average molecular weight is 439 g/mol. The van der Waals surface area contributed by atoms with Crippen molar-refractivity contribution in [2.75, 3.05) is 6.61 Å². The number of aliphatic hydroxyl groups excluding tert-OH is 1. The molecule has 0 aliphatic carbocycles. The minimum absolute atomic E-state index is 0.0122. The molecule has 0 saturated heterocycles. The van der Waals surface area contributed by atoms with E-state index in [9.17, 15) is 24.8 Å². The molecule has 0 aliphatic heterocycles. The van der Waals surface area contributed by atoms with Crippen molar-refractivity contribution in [1.82, 2.24) is 9.13 Å². The van der Waals surface area contributed by atoms with Gasteiger partial charge in [0.1, 0.15) is 24.2 Å². The van der Waals surface area contributed by atoms with Gasteiger partial charge >= 0.3 is 5.69 Å². The number of hydrogen-bond acceptors (Lipinski definition) is 6. The molecule has 2 aromatic carbocycles. The Kier molecular flexibility index (Phi) is 7.21. The number of imidazole rings is 1. The summed E-state index contributed by atoms with van der Waals surface area (Å²) in [6.45, 7) is 3.27. The number of hydrogen-bond donors (Lipinski definition) is 1. The third-order valence-corrected chi connectivity index (χ3v) is 4.97. The molecular weight excluding hydrogens is 414 g/mol. The SMILES string of the molecule is CC(=O)CCc1ccc(OCC(O)Cn2cc(C)n(-c3cccc([N+](=O)[O-])c3)c2=O)cc1. The second-order valence-corrected chi connectivity index (χ2v) is 7.63. The summed E-state index contributed by atoms with van der Waals surface area (Å²) in [6.07, 6.45) is 1.81. The van der Waals surface area contributed by atoms with Crippen LogP contribution in [0.1, 0.15) is 24.6 Å². The second kappa shape index (κ2) is 10.1. The van der Waals surface area contributed by atoms with Crippen molar-refractivity contribution in [1.29, 1.82) is 0 Å². The molecule has 9 heteroatoms. The number of rotatable bonds is 10. The Hall–Kier alpha value is -3.72. The minimum Gasteiger partial charge on any atom is -0.491 e. The number of carbonyl (C=O) groups excluding carboxylic acids is 1. The van der Waals surface area contributed by atoms with E-state index < -0.39 is 16.7 Å². The lowest BCUT2D eigenvalue weighted by molar-refractivity contribution is -0.384. The predicted molar refractivity (Wildman–Crippen MR) is 118 cm³/mol. The molecule has 1 aromatic heterocycles. The highest BCUT2D eigenvalue weighted by Gasteiger charge is 2.16. The zero-order chi connectivity index (χ0) is 23.3. The van der Waals surface area contributed by atoms with Crippen molar-refractivity contribution in [3.05, 3.63) is 86.6 Å². The number of non-ortho nitro benzene ring substituents is 1. The Bertz CT molecular complexity index is 1160. The minimum atomic E-state index is -0.939. The number of carbonyl (C=O) groups is 1. The van der Waals surface area contributed by atoms with Crippen molar-refractivity contribution in [3.63, 3.8) is 0 Å². The van der Waals surface area contributed by atoms with Gasteiger partial charge in [0.2, 0.25) is 0 Å². The van der Waals surface area contributed by atoms with Gasteiger partial charge in [-0.25, -0.2) is 4.79 Å². The van der Waals surface area contributed by atoms with E-state index in [1.54, 1.807) is 38.2 Å². The predicted octanol–water partition coefficient (Wildman–Crippen LogP) is 2.82. The fourth-order valence-corrected chi connectivity index (χ4v) is 3.35. The Balaban J connectivity index is 1.63. The van der Waals surface area contributed by atoms with Crippen LogP contribution in [-0.2, 0) is 17.8 Å². The van der Waals surface area contributed by atoms with Crippen LogP contribution in [0, 0.1) is 17.0 Å². The first kappa shape index (κ1) is 23.0. The standard InChI is InChI=1S/C23H25N3O6/c1-16-13-24(23(29)25(16)19-4-3-5-20(12-19)26(30)31)14-21(28)15-32-22-10-8-18(9-11-22)7-6-17(2)27/h3-5,8-13,21,28H,6-7,14-15H2,1-2H3. The van der Waals surface area contributed by atoms with Crippen molar-refractivity contribution in [2.45, 2.75) is 39.3 Å². The highest BCUT2D eigenvalue weighted by Crippen LogP contribution is 2.17. The highest BCUT2D eigenvalue weighted by atomic mass is 16.6. The van der Waals surface area contributed by atoms with Crippen LogP contribution in [-0.4, -0.2) is 37.7 Å². The molecule has 0 radical (unpaired) electrons. The number of ether oxygens (including phenoxy) is 1. The normalized spacial score (nSPS) is 11.8. The van der Waals surface area contributed by atoms with Gasteiger partial charge in [0.25, 0.3) is 5.69 Å². The van der Waals surface area contributed by atoms with E-state index in [0.29, 0.717) is 30.0 Å². The summed E-state index contributed by atoms with van der Waals surface area (Å²) in [5, 5.41) is 21.4. The van der Waals surface area contributed by atoms with Gasteiger partial charge in [-0.05, 0) is 44.0 Å². The van der Waals surface area contributed by atoms with E-state index >= 15 is 0 Å². The van der Waals surface area contributed by atoms with E-state index in [1.807, 2.05) is 12.1 Å². The molecule has 168 valence electrons. The summed E-state index contributed by atoms with van der Waals surface area (Å²) in [4.78, 5) is 34.4. The van der Waals surface area contributed by atoms with Gasteiger partial charge in [0.15, 0.2) is 0 Å². The van der Waals surface area contributed by atoms with Gasteiger partial charge in [-0.15, -0.1) is 0 Å². The number of aryl methyl sites for hydroxylation is 2. The lowest BCUT2D eigenvalue weighted by Gasteiger charge is -2.13. The second-order valence-electron chi connectivity index (χ2n) is 7.63. The Labute approximate surface area is 184 Å². The molecule has 0 fully saturated rings. The largest absolute Gasteiger partial charge is 0.491 e. The van der Waals surface area contributed by atoms with Gasteiger partial charge in [-0.3, -0.25) is 19.2 Å². The fraction of sp³-hybridized carbons (Fsp3) is 0.304. The monoisotopic (exact) mass is 439 g/mol. The molecule has 0 amide bonds. The van der Waals surface area contributed by atoms with Crippen LogP contribution in [0.4, 0.5) is 5.69 Å². The number of Topliss-reactive ketones (excluding diaryl/α,β-unsaturated/α-hetero) is 1. The number of aromatic nitrogens is 2. The van der Waals surface area contributed by atoms with Crippen LogP contribution >= 0.6 is 0 Å². The van der Waals surface area contributed by atoms with Gasteiger partial charge in [0.05, 0.1) is 17.2 Å². The maximum Gasteiger partial charge on any atom is 0.333 e. The van der Waals surface area contributed by atoms with Crippen molar-refractivity contribution >= 4 is 11.5 Å². The number of aliphatic hydroxyl groups is 1. The Morgan fingerprint density at radius 1 is 1.22 bits per heavy atom. The third-order valence-electron chi connectivity index (χ3n) is 4.97. The fourth-order valence-electron chi connectivity index (χ4n) is 3.35. The van der Waals surface area contributed by atoms with Gasteiger partial charge in [-0.2, -0.15) is 0 Å². The number of benzene rings is 2. The van der Waals surface area contributed by atoms with Crippen LogP contribution in [0.3, 0.4) is 0 Å². The number of nitrogens with zero attached hydrogens (tertiary/aromatic N) is 3. The van der Waals surface area contributed by atoms with Crippen molar-refractivity contribution in [2.24, 2.45) is 0 Å². The lowest BCUT2D eigenvalue weighted by Crippen LogP contribution is -2.31. The summed E-state index contributed by atoms with van der Waals surface area (Å²) in [6, 6.07) is 13.1. The number of ketones is 1. The first-order valence-corrected chi connectivity index (χ1v) is 10.2. The zero-order valence-corrected chi connectivity index (χ0v) is 17.9. The number of nitro groups is 1. The summed E-state index contributed by atoms with van der Waals surface area (Å²) >= 11 is 0. The van der Waals surface area contributed by atoms with Crippen molar-refractivity contribution < 1.29 is 19.6 Å². The third kappa shape index (κ3) is 5.70. The Morgan fingerprint density at radius 2 is 1.94 bits per heavy atom. The Morgan fingerprint density at radius 3 is 2.59 bits per heavy atom. The molecule has 1 N–H and O–H groups in total. The summed E-state index contributed by atoms with van der Waals surface area (Å²) in [5.41, 5.74) is 1.48. The molecule has 0 saturated carbocycles. The van der Waals surface area contributed by atoms with E-state index in [0.717, 1.165) is 5.56 Å². The molecule has 0 bridgehead atoms. The lowest BCUT2D eigenvalue weighted by atomic mass is 10.1. The zero-order valence-electron chi connectivity index (χ0n) is 17.9. The molecule has 1 heterocycles. The number of nitro benzene ring substituents is 1. The van der Waals surface area contributed by atoms with Gasteiger partial charge < -0.3 is 14.6 Å². The van der Waals surface area contributed by atoms with Crippen LogP contribution in [0.2, 0.25) is 0 Å². The molecule has 0 spiro atoms. The van der Waals surface area contributed by atoms with E-state index in [-0.39, 0.29) is 24.6 Å². The van der Waals surface area contributed by atoms with Crippen LogP contribution in [0.5, 0.6) is 5.75 Å². The smallest absolute Gasteiger partial charge is 0.333 e. The molecule has 9 nitrogen and oxygen atoms in total. The summed E-state index contributed by atoms with van der Waals surface area (Å²) < 4.78 is 8.33. The summed E-state index contributed by atoms with van der Waals surface area (Å²) in [7, 11) is 0. The topological polar surface area (TPSA) is 117 Å². The average Bonchev–Trinajstić information content (AvgIpc) is 3.04. The van der Waals surface area contributed by atoms with Gasteiger partial charge in [-0.1, -0.05) is 18.2 Å². The van der Waals surface area contributed by atoms with Crippen LogP contribution in [0.15, 0.2) is 59.5 Å². The molecule has 1 atom stereocenters. The van der Waals surface area contributed by atoms with Crippen LogP contribution < -0.4 is 10.4 Å². The molecule has 3 aromatic rings. The molecule has 3 rings (SSSR count). The summed E-state index contributed by atoms with van der Waals surface area (Å²) in [5.74, 6) is 0.714. The van der Waals surface area contributed by atoms with E-state index in [4.69, 9.17) is 4.74 Å². The molecular formula is C23H25N3O6. The molecule has 0 aliphatic rings. The highest BCUT2D eigenvalue weighted by molar-refractivity contribution is 5.75. The van der Waals surface area contributed by atoms with E-state index in [2.05, 4.69) is 0 Å². The first-order valence-electron chi connectivity index (χ1n) is 10.2. The molecule has 1 unspecified atom stereocenters. The van der Waals surface area contributed by atoms with Gasteiger partial charge in [0, 0.05) is 30.4 Å². The maximum atomic E-state index is 12.8. The van der Waals surface area contributed by atoms with E-state index in [1.165, 1.54) is 27.3 Å².